The summed E-state index contributed by atoms with van der Waals surface area (Å²) < 4.78 is 10.4. The summed E-state index contributed by atoms with van der Waals surface area (Å²) in [4.78, 5) is 27.8. The number of nitrogens with one attached hydrogen (secondary N) is 1. The zero-order valence-electron chi connectivity index (χ0n) is 15.1. The van der Waals surface area contributed by atoms with Gasteiger partial charge < -0.3 is 14.8 Å². The molecule has 0 bridgehead atoms. The molecule has 0 unspecified atom stereocenters. The van der Waals surface area contributed by atoms with E-state index >= 15 is 0 Å². The van der Waals surface area contributed by atoms with Crippen molar-refractivity contribution in [3.05, 3.63) is 35.9 Å². The highest BCUT2D eigenvalue weighted by Crippen LogP contribution is 2.17. The van der Waals surface area contributed by atoms with Crippen molar-refractivity contribution in [3.8, 4) is 0 Å². The lowest BCUT2D eigenvalue weighted by molar-refractivity contribution is 0.0501. The summed E-state index contributed by atoms with van der Waals surface area (Å²) in [6.07, 6.45) is 1.97. The zero-order chi connectivity index (χ0) is 18.3. The van der Waals surface area contributed by atoms with Gasteiger partial charge in [-0.05, 0) is 45.6 Å². The molecule has 6 heteroatoms. The summed E-state index contributed by atoms with van der Waals surface area (Å²) in [5.74, 6) is 0. The molecule has 1 saturated carbocycles. The highest BCUT2D eigenvalue weighted by atomic mass is 16.6. The number of rotatable bonds is 3. The van der Waals surface area contributed by atoms with Crippen LogP contribution in [0.3, 0.4) is 0 Å². The Kier molecular flexibility index (Phi) is 6.56. The second-order valence-electron chi connectivity index (χ2n) is 7.16. The number of aliphatic imine (C=N–C) groups is 1. The summed E-state index contributed by atoms with van der Waals surface area (Å²) in [5, 5.41) is 2.84. The van der Waals surface area contributed by atoms with E-state index in [9.17, 15) is 9.59 Å². The Labute approximate surface area is 148 Å². The van der Waals surface area contributed by atoms with Gasteiger partial charge in [-0.15, -0.1) is 0 Å². The smallest absolute Gasteiger partial charge is 0.433 e. The van der Waals surface area contributed by atoms with Crippen LogP contribution in [0.15, 0.2) is 35.3 Å². The fourth-order valence-corrected chi connectivity index (χ4v) is 2.62. The quantitative estimate of drug-likeness (QED) is 0.888. The van der Waals surface area contributed by atoms with E-state index in [1.54, 1.807) is 0 Å². The minimum atomic E-state index is -0.586. The fourth-order valence-electron chi connectivity index (χ4n) is 2.62. The third-order valence-electron chi connectivity index (χ3n) is 3.68. The number of nitrogens with zero attached hydrogens (tertiary/aromatic N) is 1. The summed E-state index contributed by atoms with van der Waals surface area (Å²) in [7, 11) is 0. The van der Waals surface area contributed by atoms with Gasteiger partial charge >= 0.3 is 12.2 Å². The molecule has 1 fully saturated rings. The lowest BCUT2D eigenvalue weighted by Crippen LogP contribution is -2.41. The van der Waals surface area contributed by atoms with Crippen molar-refractivity contribution in [1.82, 2.24) is 5.32 Å². The van der Waals surface area contributed by atoms with Gasteiger partial charge in [0.1, 0.15) is 12.2 Å². The number of hydrogen-bond donors (Lipinski definition) is 1. The minimum absolute atomic E-state index is 0.0655. The number of benzene rings is 1. The van der Waals surface area contributed by atoms with Crippen LogP contribution >= 0.6 is 0 Å². The molecule has 0 saturated heterocycles. The first-order valence-electron chi connectivity index (χ1n) is 8.58. The molecule has 25 heavy (non-hydrogen) atoms. The number of carbonyl (C=O) groups is 2. The topological polar surface area (TPSA) is 77.0 Å². The van der Waals surface area contributed by atoms with E-state index in [-0.39, 0.29) is 12.6 Å². The van der Waals surface area contributed by atoms with Crippen molar-refractivity contribution in [2.24, 2.45) is 4.99 Å². The molecule has 1 aromatic rings. The van der Waals surface area contributed by atoms with Crippen molar-refractivity contribution in [2.45, 2.75) is 64.7 Å². The summed E-state index contributed by atoms with van der Waals surface area (Å²) >= 11 is 0. The predicted octanol–water partition coefficient (Wildman–Crippen LogP) is 4.23. The Morgan fingerprint density at radius 3 is 2.64 bits per heavy atom. The van der Waals surface area contributed by atoms with Crippen molar-refractivity contribution >= 4 is 17.9 Å². The van der Waals surface area contributed by atoms with Gasteiger partial charge in [0.15, 0.2) is 0 Å². The summed E-state index contributed by atoms with van der Waals surface area (Å²) in [6.45, 7) is 5.67. The minimum Gasteiger partial charge on any atom is -0.444 e. The Morgan fingerprint density at radius 1 is 1.24 bits per heavy atom. The molecule has 1 aliphatic carbocycles. The lowest BCUT2D eigenvalue weighted by Gasteiger charge is -2.26. The Morgan fingerprint density at radius 2 is 1.96 bits per heavy atom. The third kappa shape index (κ3) is 7.37. The van der Waals surface area contributed by atoms with Crippen molar-refractivity contribution in [3.63, 3.8) is 0 Å². The van der Waals surface area contributed by atoms with Crippen LogP contribution in [-0.4, -0.2) is 29.5 Å². The van der Waals surface area contributed by atoms with Gasteiger partial charge in [0.05, 0.1) is 0 Å². The molecular weight excluding hydrogens is 320 g/mol. The molecular formula is C19H26N2O4. The number of carbonyl (C=O) groups excluding carboxylic acids is 2. The van der Waals surface area contributed by atoms with Crippen LogP contribution in [0.2, 0.25) is 0 Å². The van der Waals surface area contributed by atoms with E-state index in [1.807, 2.05) is 51.1 Å². The predicted molar refractivity (Wildman–Crippen MR) is 95.7 cm³/mol. The van der Waals surface area contributed by atoms with Crippen molar-refractivity contribution < 1.29 is 19.1 Å². The molecule has 0 radical (unpaired) electrons. The maximum Gasteiger partial charge on any atom is 0.433 e. The molecule has 1 aliphatic rings. The molecule has 1 aromatic carbocycles. The van der Waals surface area contributed by atoms with E-state index in [2.05, 4.69) is 10.3 Å². The Hall–Kier alpha value is -2.37. The molecule has 0 aliphatic heterocycles. The van der Waals surface area contributed by atoms with E-state index in [1.165, 1.54) is 0 Å². The highest BCUT2D eigenvalue weighted by Gasteiger charge is 2.23. The van der Waals surface area contributed by atoms with Crippen molar-refractivity contribution in [2.75, 3.05) is 0 Å². The van der Waals surface area contributed by atoms with Gasteiger partial charge in [0, 0.05) is 18.2 Å². The van der Waals surface area contributed by atoms with Crippen LogP contribution in [0.5, 0.6) is 0 Å². The van der Waals surface area contributed by atoms with Gasteiger partial charge in [0.25, 0.3) is 0 Å². The molecule has 0 spiro atoms. The third-order valence-corrected chi connectivity index (χ3v) is 3.68. The molecule has 6 nitrogen and oxygen atoms in total. The molecule has 2 rings (SSSR count). The largest absolute Gasteiger partial charge is 0.444 e. The summed E-state index contributed by atoms with van der Waals surface area (Å²) in [6, 6.07) is 9.41. The molecule has 1 atom stereocenters. The first kappa shape index (κ1) is 19.0. The van der Waals surface area contributed by atoms with Gasteiger partial charge in [-0.1, -0.05) is 30.3 Å². The maximum absolute atomic E-state index is 11.9. The normalized spacial score (nSPS) is 19.3. The average Bonchev–Trinajstić information content (AvgIpc) is 2.52. The fraction of sp³-hybridized carbons (Fsp3) is 0.526. The first-order chi connectivity index (χ1) is 11.8. The molecule has 2 amide bonds. The summed E-state index contributed by atoms with van der Waals surface area (Å²) in [5.41, 5.74) is 1.14. The first-order valence-corrected chi connectivity index (χ1v) is 8.58. The zero-order valence-corrected chi connectivity index (χ0v) is 15.1. The SMILES string of the molecule is CC(C)(C)OC(=O)N[C@@H]1CCC/C(=N\C(=O)OCc2ccccc2)C1. The van der Waals surface area contributed by atoms with Crippen LogP contribution in [0.25, 0.3) is 0 Å². The van der Waals surface area contributed by atoms with E-state index in [0.29, 0.717) is 6.42 Å². The van der Waals surface area contributed by atoms with Crippen molar-refractivity contribution in [1.29, 1.82) is 0 Å². The Balaban J connectivity index is 1.82. The lowest BCUT2D eigenvalue weighted by atomic mass is 9.93. The number of hydrogen-bond acceptors (Lipinski definition) is 4. The molecule has 136 valence electrons. The van der Waals surface area contributed by atoms with Crippen LogP contribution in [0, 0.1) is 0 Å². The Bertz CT molecular complexity index is 620. The van der Waals surface area contributed by atoms with Gasteiger partial charge in [-0.25, -0.2) is 9.59 Å². The molecule has 0 aromatic heterocycles. The second kappa shape index (κ2) is 8.65. The standard InChI is InChI=1S/C19H26N2O4/c1-19(2,3)25-18(23)21-16-11-7-10-15(12-16)20-17(22)24-13-14-8-5-4-6-9-14/h4-6,8-9,16H,7,10-13H2,1-3H3,(H,21,23)/b20-15+/t16-/m1/s1. The monoisotopic (exact) mass is 346 g/mol. The maximum atomic E-state index is 11.9. The molecule has 0 heterocycles. The van der Waals surface area contributed by atoms with Crippen LogP contribution < -0.4 is 5.32 Å². The van der Waals surface area contributed by atoms with Crippen LogP contribution in [-0.2, 0) is 16.1 Å². The number of amides is 2. The van der Waals surface area contributed by atoms with E-state index < -0.39 is 17.8 Å². The van der Waals surface area contributed by atoms with E-state index in [0.717, 1.165) is 30.5 Å². The second-order valence-corrected chi connectivity index (χ2v) is 7.16. The van der Waals surface area contributed by atoms with Gasteiger partial charge in [-0.2, -0.15) is 4.99 Å². The van der Waals surface area contributed by atoms with E-state index in [4.69, 9.17) is 9.47 Å². The van der Waals surface area contributed by atoms with Crippen LogP contribution in [0.4, 0.5) is 9.59 Å². The number of ether oxygens (including phenoxy) is 2. The number of alkyl carbamates (subject to hydrolysis) is 1. The molecule has 1 N–H and O–H groups in total. The van der Waals surface area contributed by atoms with Gasteiger partial charge in [-0.3, -0.25) is 0 Å². The van der Waals surface area contributed by atoms with Crippen LogP contribution in [0.1, 0.15) is 52.0 Å². The average molecular weight is 346 g/mol. The highest BCUT2D eigenvalue weighted by molar-refractivity contribution is 5.94. The van der Waals surface area contributed by atoms with Gasteiger partial charge in [0.2, 0.25) is 0 Å².